The number of primary amides is 1. The fourth-order valence-corrected chi connectivity index (χ4v) is 1.42. The van der Waals surface area contributed by atoms with Gasteiger partial charge in [-0.1, -0.05) is 6.07 Å². The van der Waals surface area contributed by atoms with E-state index in [0.717, 1.165) is 24.1 Å². The summed E-state index contributed by atoms with van der Waals surface area (Å²) in [6, 6.07) is 5.12. The minimum absolute atomic E-state index is 0.244. The van der Waals surface area contributed by atoms with E-state index in [4.69, 9.17) is 5.14 Å². The Hall–Kier alpha value is -1.11. The Labute approximate surface area is 105 Å². The molecule has 1 amide bonds. The van der Waals surface area contributed by atoms with Crippen molar-refractivity contribution in [1.29, 1.82) is 0 Å². The molecule has 0 aliphatic heterocycles. The monoisotopic (exact) mass is 259 g/mol. The van der Waals surface area contributed by atoms with Gasteiger partial charge in [-0.25, -0.2) is 4.39 Å². The molecule has 0 radical (unpaired) electrons. The largest absolute Gasteiger partial charge is 0.370 e. The third-order valence-electron chi connectivity index (χ3n) is 1.62. The van der Waals surface area contributed by atoms with E-state index < -0.39 is 0 Å². The number of halogens is 1. The second kappa shape index (κ2) is 8.05. The summed E-state index contributed by atoms with van der Waals surface area (Å²) in [5.74, 6) is -0.577. The average molecular weight is 259 g/mol. The Morgan fingerprint density at radius 3 is 2.35 bits per heavy atom. The number of nitrogens with zero attached hydrogens (tertiary/aromatic N) is 1. The summed E-state index contributed by atoms with van der Waals surface area (Å²) in [4.78, 5) is 11.7. The van der Waals surface area contributed by atoms with Crippen molar-refractivity contribution in [3.8, 4) is 0 Å². The minimum atomic E-state index is -0.333. The first kappa shape index (κ1) is 15.9. The van der Waals surface area contributed by atoms with E-state index in [9.17, 15) is 9.18 Å². The van der Waals surface area contributed by atoms with Crippen molar-refractivity contribution in [3.63, 3.8) is 0 Å². The van der Waals surface area contributed by atoms with Crippen LogP contribution in [-0.4, -0.2) is 24.9 Å². The molecule has 1 aromatic rings. The van der Waals surface area contributed by atoms with E-state index in [1.165, 1.54) is 13.0 Å². The third-order valence-corrected chi connectivity index (χ3v) is 2.21. The van der Waals surface area contributed by atoms with E-state index in [2.05, 4.69) is 5.73 Å². The highest BCUT2D eigenvalue weighted by Crippen LogP contribution is 2.18. The van der Waals surface area contributed by atoms with Crippen LogP contribution in [0.2, 0.25) is 0 Å². The molecule has 6 heteroatoms. The molecule has 0 heterocycles. The highest BCUT2D eigenvalue weighted by Gasteiger charge is 2.02. The van der Waals surface area contributed by atoms with Crippen LogP contribution in [0.1, 0.15) is 12.5 Å². The molecule has 0 bridgehead atoms. The number of hydrogen-bond acceptors (Lipinski definition) is 4. The molecule has 4 nitrogen and oxygen atoms in total. The van der Waals surface area contributed by atoms with Crippen LogP contribution in [0.3, 0.4) is 0 Å². The van der Waals surface area contributed by atoms with Gasteiger partial charge in [0.1, 0.15) is 5.82 Å². The van der Waals surface area contributed by atoms with Crippen molar-refractivity contribution in [2.24, 2.45) is 10.9 Å². The molecule has 0 fully saturated rings. The van der Waals surface area contributed by atoms with Gasteiger partial charge in [-0.05, 0) is 43.7 Å². The summed E-state index contributed by atoms with van der Waals surface area (Å²) in [5.41, 5.74) is 5.43. The molecular weight excluding hydrogens is 241 g/mol. The smallest absolute Gasteiger partial charge is 0.214 e. The molecule has 1 rings (SSSR count). The maximum Gasteiger partial charge on any atom is 0.214 e. The number of carbonyl (C=O) groups excluding carboxylic acids is 1. The Bertz CT molecular complexity index is 368. The van der Waals surface area contributed by atoms with Crippen LogP contribution < -0.4 is 10.9 Å². The number of hydrogen-bond donors (Lipinski definition) is 2. The molecule has 96 valence electrons. The number of carbonyl (C=O) groups is 1. The van der Waals surface area contributed by atoms with Crippen molar-refractivity contribution in [3.05, 3.63) is 29.6 Å². The zero-order chi connectivity index (χ0) is 13.4. The maximum atomic E-state index is 13.2. The maximum absolute atomic E-state index is 13.2. The molecule has 0 unspecified atom stereocenters. The predicted molar refractivity (Wildman–Crippen MR) is 68.7 cm³/mol. The zero-order valence-electron chi connectivity index (χ0n) is 10.2. The van der Waals surface area contributed by atoms with Crippen LogP contribution in [0, 0.1) is 5.82 Å². The lowest BCUT2D eigenvalue weighted by molar-refractivity contribution is -0.115. The first-order chi connectivity index (χ1) is 7.86. The van der Waals surface area contributed by atoms with E-state index in [1.54, 1.807) is 6.07 Å². The second-order valence-electron chi connectivity index (χ2n) is 3.73. The Morgan fingerprint density at radius 2 is 2.00 bits per heavy atom. The molecule has 0 spiro atoms. The lowest BCUT2D eigenvalue weighted by atomic mass is 10.2. The zero-order valence-corrected chi connectivity index (χ0v) is 11.1. The number of nitrogens with two attached hydrogens (primary N) is 2. The second-order valence-corrected chi connectivity index (χ2v) is 4.41. The van der Waals surface area contributed by atoms with Crippen LogP contribution in [0.25, 0.3) is 0 Å². The van der Waals surface area contributed by atoms with Gasteiger partial charge in [-0.15, -0.1) is 0 Å². The van der Waals surface area contributed by atoms with Crippen molar-refractivity contribution in [1.82, 2.24) is 4.90 Å². The quantitative estimate of drug-likeness (QED) is 0.804. The van der Waals surface area contributed by atoms with Gasteiger partial charge >= 0.3 is 0 Å². The summed E-state index contributed by atoms with van der Waals surface area (Å²) in [6.07, 6.45) is 0. The molecule has 4 N–H and O–H groups in total. The highest BCUT2D eigenvalue weighted by molar-refractivity contribution is 7.97. The normalized spacial score (nSPS) is 9.76. The van der Waals surface area contributed by atoms with Gasteiger partial charge in [0.25, 0.3) is 0 Å². The van der Waals surface area contributed by atoms with E-state index >= 15 is 0 Å². The Kier molecular flexibility index (Phi) is 7.53. The van der Waals surface area contributed by atoms with Gasteiger partial charge in [0.15, 0.2) is 0 Å². The Balaban J connectivity index is 0.000000557. The van der Waals surface area contributed by atoms with Gasteiger partial charge in [0.2, 0.25) is 5.91 Å². The molecule has 0 aromatic heterocycles. The lowest BCUT2D eigenvalue weighted by Crippen LogP contribution is -2.10. The van der Waals surface area contributed by atoms with Crippen LogP contribution >= 0.6 is 11.9 Å². The first-order valence-electron chi connectivity index (χ1n) is 4.92. The van der Waals surface area contributed by atoms with E-state index in [-0.39, 0.29) is 11.7 Å². The topological polar surface area (TPSA) is 72.4 Å². The van der Waals surface area contributed by atoms with Crippen molar-refractivity contribution >= 4 is 17.9 Å². The van der Waals surface area contributed by atoms with Gasteiger partial charge in [-0.3, -0.25) is 9.93 Å². The molecular formula is C11H18FN3OS. The van der Waals surface area contributed by atoms with E-state index in [0.29, 0.717) is 4.90 Å². The summed E-state index contributed by atoms with van der Waals surface area (Å²) in [7, 11) is 3.90. The molecule has 0 aliphatic rings. The Morgan fingerprint density at radius 1 is 1.47 bits per heavy atom. The first-order valence-corrected chi connectivity index (χ1v) is 5.80. The third kappa shape index (κ3) is 7.73. The number of amides is 1. The molecule has 0 aliphatic carbocycles. The van der Waals surface area contributed by atoms with E-state index in [1.807, 2.05) is 25.1 Å². The number of benzene rings is 1. The van der Waals surface area contributed by atoms with Crippen LogP contribution in [0.4, 0.5) is 4.39 Å². The summed E-state index contributed by atoms with van der Waals surface area (Å²) in [6.45, 7) is 2.05. The van der Waals surface area contributed by atoms with Gasteiger partial charge in [-0.2, -0.15) is 0 Å². The average Bonchev–Trinajstić information content (AvgIpc) is 2.16. The van der Waals surface area contributed by atoms with Gasteiger partial charge in [0, 0.05) is 13.5 Å². The molecule has 0 saturated heterocycles. The van der Waals surface area contributed by atoms with Crippen molar-refractivity contribution in [2.45, 2.75) is 18.4 Å². The fraction of sp³-hybridized carbons (Fsp3) is 0.364. The van der Waals surface area contributed by atoms with Gasteiger partial charge < -0.3 is 10.6 Å². The fourth-order valence-electron chi connectivity index (χ4n) is 1.10. The summed E-state index contributed by atoms with van der Waals surface area (Å²) >= 11 is 0.934. The SMILES string of the molecule is CC(N)=O.CN(C)Cc1ccc(SN)c(F)c1. The van der Waals surface area contributed by atoms with Crippen molar-refractivity contribution in [2.75, 3.05) is 14.1 Å². The molecule has 1 aromatic carbocycles. The van der Waals surface area contributed by atoms with Crippen LogP contribution in [-0.2, 0) is 11.3 Å². The highest BCUT2D eigenvalue weighted by atomic mass is 32.2. The molecule has 17 heavy (non-hydrogen) atoms. The summed E-state index contributed by atoms with van der Waals surface area (Å²) < 4.78 is 13.2. The summed E-state index contributed by atoms with van der Waals surface area (Å²) in [5, 5.41) is 5.27. The minimum Gasteiger partial charge on any atom is -0.370 e. The van der Waals surface area contributed by atoms with Crippen LogP contribution in [0.5, 0.6) is 0 Å². The lowest BCUT2D eigenvalue weighted by Gasteiger charge is -2.10. The molecule has 0 atom stereocenters. The predicted octanol–water partition coefficient (Wildman–Crippen LogP) is 1.34. The standard InChI is InChI=1S/C9H13FN2S.C2H5NO/c1-12(2)6-7-3-4-9(13-11)8(10)5-7;1-2(3)4/h3-5H,6,11H2,1-2H3;1H3,(H2,3,4). The number of rotatable bonds is 3. The van der Waals surface area contributed by atoms with Crippen LogP contribution in [0.15, 0.2) is 23.1 Å². The van der Waals surface area contributed by atoms with Crippen molar-refractivity contribution < 1.29 is 9.18 Å². The van der Waals surface area contributed by atoms with Gasteiger partial charge in [0.05, 0.1) is 4.90 Å². The molecule has 0 saturated carbocycles.